The standard InChI is InChI=1S/C32H28O/c1-4-11-24(3)32(27-14-6-5-7-15-27)28-16-10-13-25-12-8-9-17-31(25)33-22-26(21-28)29-19-18-23(2)20-30(29)32/h4-12,14-20H,1,13,22H2,2-3H3/b16-10-,24-11+. The Labute approximate surface area is 196 Å². The lowest BCUT2D eigenvalue weighted by Crippen LogP contribution is -2.34. The summed E-state index contributed by atoms with van der Waals surface area (Å²) in [5.74, 6) is 0.941. The smallest absolute Gasteiger partial charge is 0.123 e. The van der Waals surface area contributed by atoms with Gasteiger partial charge in [-0.2, -0.15) is 0 Å². The molecule has 3 aromatic carbocycles. The first-order valence-corrected chi connectivity index (χ1v) is 11.5. The molecule has 1 unspecified atom stereocenters. The van der Waals surface area contributed by atoms with Crippen molar-refractivity contribution in [2.24, 2.45) is 0 Å². The zero-order chi connectivity index (χ0) is 22.8. The van der Waals surface area contributed by atoms with Crippen molar-refractivity contribution >= 4 is 5.57 Å². The Kier molecular flexibility index (Phi) is 5.50. The quantitative estimate of drug-likeness (QED) is 0.309. The Balaban J connectivity index is 1.86. The zero-order valence-corrected chi connectivity index (χ0v) is 19.3. The molecule has 3 aromatic rings. The maximum Gasteiger partial charge on any atom is 0.123 e. The second-order valence-corrected chi connectivity index (χ2v) is 8.77. The van der Waals surface area contributed by atoms with Crippen molar-refractivity contribution in [2.45, 2.75) is 25.7 Å². The number of aryl methyl sites for hydroxylation is 1. The summed E-state index contributed by atoms with van der Waals surface area (Å²) in [5, 5.41) is 0. The Bertz CT molecular complexity index is 1350. The number of hydrogen-bond donors (Lipinski definition) is 0. The highest BCUT2D eigenvalue weighted by Crippen LogP contribution is 2.50. The van der Waals surface area contributed by atoms with Crippen LogP contribution in [0.5, 0.6) is 5.75 Å². The molecule has 0 radical (unpaired) electrons. The minimum atomic E-state index is -0.449. The van der Waals surface area contributed by atoms with Crippen LogP contribution in [0.1, 0.15) is 34.7 Å². The number of para-hydroxylation sites is 1. The number of ether oxygens (including phenoxy) is 1. The van der Waals surface area contributed by atoms with E-state index in [0.717, 1.165) is 23.3 Å². The minimum Gasteiger partial charge on any atom is -0.488 e. The highest BCUT2D eigenvalue weighted by atomic mass is 16.5. The van der Waals surface area contributed by atoms with Crippen LogP contribution in [0, 0.1) is 6.92 Å². The van der Waals surface area contributed by atoms with Crippen LogP contribution in [0.25, 0.3) is 5.57 Å². The van der Waals surface area contributed by atoms with Crippen LogP contribution in [0.2, 0.25) is 0 Å². The van der Waals surface area contributed by atoms with Crippen LogP contribution in [0.15, 0.2) is 121 Å². The molecule has 0 aromatic heterocycles. The van der Waals surface area contributed by atoms with Gasteiger partial charge in [0.05, 0.1) is 5.41 Å². The molecular weight excluding hydrogens is 400 g/mol. The van der Waals surface area contributed by atoms with Gasteiger partial charge in [0.1, 0.15) is 12.4 Å². The van der Waals surface area contributed by atoms with Gasteiger partial charge in [0.15, 0.2) is 0 Å². The predicted molar refractivity (Wildman–Crippen MR) is 138 cm³/mol. The van der Waals surface area contributed by atoms with E-state index in [9.17, 15) is 0 Å². The van der Waals surface area contributed by atoms with Gasteiger partial charge in [0, 0.05) is 11.1 Å². The molecule has 162 valence electrons. The summed E-state index contributed by atoms with van der Waals surface area (Å²) in [7, 11) is 0. The number of hydrogen-bond acceptors (Lipinski definition) is 1. The van der Waals surface area contributed by atoms with Crippen molar-refractivity contribution in [3.05, 3.63) is 148 Å². The first kappa shape index (κ1) is 21.1. The average Bonchev–Trinajstić information content (AvgIpc) is 2.84. The third-order valence-electron chi connectivity index (χ3n) is 6.73. The molecule has 0 saturated carbocycles. The zero-order valence-electron chi connectivity index (χ0n) is 19.3. The van der Waals surface area contributed by atoms with Gasteiger partial charge in [-0.05, 0) is 48.6 Å². The van der Waals surface area contributed by atoms with Crippen LogP contribution in [0.4, 0.5) is 0 Å². The molecule has 1 nitrogen and oxygen atoms in total. The summed E-state index contributed by atoms with van der Waals surface area (Å²) in [6.07, 6.45) is 9.34. The van der Waals surface area contributed by atoms with E-state index in [2.05, 4.69) is 111 Å². The molecule has 33 heavy (non-hydrogen) atoms. The van der Waals surface area contributed by atoms with E-state index in [1.54, 1.807) is 0 Å². The fraction of sp³-hybridized carbons (Fsp3) is 0.156. The molecule has 1 atom stereocenters. The van der Waals surface area contributed by atoms with E-state index >= 15 is 0 Å². The van der Waals surface area contributed by atoms with Crippen molar-refractivity contribution in [2.75, 3.05) is 6.61 Å². The van der Waals surface area contributed by atoms with E-state index < -0.39 is 5.41 Å². The summed E-state index contributed by atoms with van der Waals surface area (Å²) in [5.41, 5.74) is 12.9. The number of allylic oxidation sites excluding steroid dienone is 5. The lowest BCUT2D eigenvalue weighted by molar-refractivity contribution is 0.366. The van der Waals surface area contributed by atoms with Gasteiger partial charge in [0.25, 0.3) is 0 Å². The van der Waals surface area contributed by atoms with E-state index in [0.29, 0.717) is 6.61 Å². The van der Waals surface area contributed by atoms with Gasteiger partial charge in [-0.3, -0.25) is 0 Å². The number of fused-ring (bicyclic) bond motifs is 3. The van der Waals surface area contributed by atoms with Crippen LogP contribution >= 0.6 is 0 Å². The molecule has 0 N–H and O–H groups in total. The lowest BCUT2D eigenvalue weighted by Gasteiger charge is -2.41. The normalized spacial score (nSPS) is 20.4. The van der Waals surface area contributed by atoms with Crippen LogP contribution in [-0.4, -0.2) is 6.61 Å². The van der Waals surface area contributed by atoms with Crippen molar-refractivity contribution in [1.29, 1.82) is 0 Å². The third kappa shape index (κ3) is 3.52. The number of rotatable bonds is 3. The molecule has 1 heterocycles. The van der Waals surface area contributed by atoms with Gasteiger partial charge in [-0.1, -0.05) is 109 Å². The third-order valence-corrected chi connectivity index (χ3v) is 6.73. The van der Waals surface area contributed by atoms with Crippen LogP contribution in [0.3, 0.4) is 0 Å². The van der Waals surface area contributed by atoms with Gasteiger partial charge >= 0.3 is 0 Å². The van der Waals surface area contributed by atoms with Gasteiger partial charge in [-0.25, -0.2) is 0 Å². The minimum absolute atomic E-state index is 0.449. The second-order valence-electron chi connectivity index (χ2n) is 8.77. The molecule has 2 bridgehead atoms. The van der Waals surface area contributed by atoms with E-state index in [1.165, 1.54) is 33.4 Å². The molecule has 0 spiro atoms. The summed E-state index contributed by atoms with van der Waals surface area (Å²) < 4.78 is 6.34. The predicted octanol–water partition coefficient (Wildman–Crippen LogP) is 7.53. The summed E-state index contributed by atoms with van der Waals surface area (Å²) in [4.78, 5) is 0. The molecule has 0 amide bonds. The molecule has 1 heteroatoms. The molecule has 0 fully saturated rings. The van der Waals surface area contributed by atoms with Gasteiger partial charge in [-0.15, -0.1) is 5.73 Å². The molecule has 1 aliphatic carbocycles. The van der Waals surface area contributed by atoms with Crippen LogP contribution in [-0.2, 0) is 11.8 Å². The first-order valence-electron chi connectivity index (χ1n) is 11.5. The molecule has 0 saturated heterocycles. The maximum atomic E-state index is 6.34. The van der Waals surface area contributed by atoms with Gasteiger partial charge < -0.3 is 4.74 Å². The van der Waals surface area contributed by atoms with Crippen molar-refractivity contribution in [3.8, 4) is 5.75 Å². The summed E-state index contributed by atoms with van der Waals surface area (Å²) in [6, 6.07) is 25.8. The van der Waals surface area contributed by atoms with Crippen molar-refractivity contribution in [3.63, 3.8) is 0 Å². The van der Waals surface area contributed by atoms with Crippen LogP contribution < -0.4 is 4.74 Å². The highest BCUT2D eigenvalue weighted by Gasteiger charge is 2.43. The Morgan fingerprint density at radius 2 is 1.82 bits per heavy atom. The molecule has 5 rings (SSSR count). The van der Waals surface area contributed by atoms with Crippen molar-refractivity contribution in [1.82, 2.24) is 0 Å². The largest absolute Gasteiger partial charge is 0.488 e. The summed E-state index contributed by atoms with van der Waals surface area (Å²) in [6.45, 7) is 8.87. The second kappa shape index (κ2) is 8.62. The molecular formula is C32H28O. The maximum absolute atomic E-state index is 6.34. The SMILES string of the molecule is C=C/C=C(\C)C1(c2ccccc2)C2=C=C(COc3ccccc3C/C=C\2)c2ccc(C)cc21. The Hall–Kier alpha value is -3.80. The summed E-state index contributed by atoms with van der Waals surface area (Å²) >= 11 is 0. The monoisotopic (exact) mass is 428 g/mol. The highest BCUT2D eigenvalue weighted by molar-refractivity contribution is 5.79. The Morgan fingerprint density at radius 1 is 1.03 bits per heavy atom. The lowest BCUT2D eigenvalue weighted by atomic mass is 9.61. The van der Waals surface area contributed by atoms with E-state index in [-0.39, 0.29) is 0 Å². The molecule has 1 aliphatic heterocycles. The van der Waals surface area contributed by atoms with E-state index in [1.807, 2.05) is 12.1 Å². The van der Waals surface area contributed by atoms with E-state index in [4.69, 9.17) is 4.74 Å². The topological polar surface area (TPSA) is 9.23 Å². The van der Waals surface area contributed by atoms with Gasteiger partial charge in [0.2, 0.25) is 0 Å². The first-order chi connectivity index (χ1) is 16.1. The molecule has 2 aliphatic rings. The fourth-order valence-corrected chi connectivity index (χ4v) is 5.20. The fourth-order valence-electron chi connectivity index (χ4n) is 5.20. The average molecular weight is 429 g/mol. The number of benzene rings is 3. The Morgan fingerprint density at radius 3 is 2.64 bits per heavy atom. The van der Waals surface area contributed by atoms with Crippen molar-refractivity contribution < 1.29 is 4.74 Å².